The van der Waals surface area contributed by atoms with Crippen molar-refractivity contribution in [3.63, 3.8) is 0 Å². The highest BCUT2D eigenvalue weighted by Gasteiger charge is 2.00. The lowest BCUT2D eigenvalue weighted by atomic mass is 10.1. The van der Waals surface area contributed by atoms with Crippen LogP contribution in [-0.2, 0) is 6.54 Å². The van der Waals surface area contributed by atoms with Crippen LogP contribution in [0.1, 0.15) is 36.5 Å². The first-order valence-electron chi connectivity index (χ1n) is 7.72. The minimum atomic E-state index is 0.796. The van der Waals surface area contributed by atoms with E-state index < -0.39 is 0 Å². The molecule has 0 fully saturated rings. The second-order valence-electron chi connectivity index (χ2n) is 5.52. The molecule has 0 saturated carbocycles. The Balaban J connectivity index is 1.96. The zero-order valence-electron chi connectivity index (χ0n) is 13.3. The summed E-state index contributed by atoms with van der Waals surface area (Å²) in [5.74, 6) is 0.962. The maximum absolute atomic E-state index is 5.75. The molecular weight excluding hydrogens is 258 g/mol. The van der Waals surface area contributed by atoms with Gasteiger partial charge in [0.1, 0.15) is 5.75 Å². The van der Waals surface area contributed by atoms with Crippen LogP contribution in [0, 0.1) is 13.8 Å². The minimum absolute atomic E-state index is 0.796. The fourth-order valence-corrected chi connectivity index (χ4v) is 2.20. The number of hydrogen-bond acceptors (Lipinski definition) is 2. The standard InChI is InChI=1S/C19H25NO/c1-4-5-11-21-18-8-6-7-17(13-18)14-20-19-12-15(2)9-10-16(19)3/h6-10,12-13,20H,4-5,11,14H2,1-3H3. The zero-order valence-corrected chi connectivity index (χ0v) is 13.3. The lowest BCUT2D eigenvalue weighted by Crippen LogP contribution is -2.02. The van der Waals surface area contributed by atoms with Crippen molar-refractivity contribution >= 4 is 5.69 Å². The maximum atomic E-state index is 5.75. The maximum Gasteiger partial charge on any atom is 0.119 e. The quantitative estimate of drug-likeness (QED) is 0.714. The van der Waals surface area contributed by atoms with Gasteiger partial charge >= 0.3 is 0 Å². The molecule has 0 unspecified atom stereocenters. The van der Waals surface area contributed by atoms with E-state index in [0.29, 0.717) is 0 Å². The molecule has 2 aromatic rings. The van der Waals surface area contributed by atoms with Gasteiger partial charge < -0.3 is 10.1 Å². The summed E-state index contributed by atoms with van der Waals surface area (Å²) < 4.78 is 5.75. The van der Waals surface area contributed by atoms with Crippen molar-refractivity contribution in [1.29, 1.82) is 0 Å². The van der Waals surface area contributed by atoms with Crippen LogP contribution in [0.15, 0.2) is 42.5 Å². The SMILES string of the molecule is CCCCOc1cccc(CNc2cc(C)ccc2C)c1. The molecule has 1 N–H and O–H groups in total. The Hall–Kier alpha value is -1.96. The van der Waals surface area contributed by atoms with Gasteiger partial charge in [0, 0.05) is 12.2 Å². The highest BCUT2D eigenvalue weighted by molar-refractivity contribution is 5.52. The Morgan fingerprint density at radius 1 is 1.05 bits per heavy atom. The summed E-state index contributed by atoms with van der Waals surface area (Å²) in [6.07, 6.45) is 2.26. The topological polar surface area (TPSA) is 21.3 Å². The van der Waals surface area contributed by atoms with Crippen molar-refractivity contribution in [3.8, 4) is 5.75 Å². The van der Waals surface area contributed by atoms with E-state index in [1.165, 1.54) is 22.4 Å². The van der Waals surface area contributed by atoms with E-state index in [1.807, 2.05) is 6.07 Å². The molecule has 0 atom stereocenters. The van der Waals surface area contributed by atoms with Crippen molar-refractivity contribution in [2.45, 2.75) is 40.2 Å². The molecule has 2 aromatic carbocycles. The number of benzene rings is 2. The molecule has 0 heterocycles. The second-order valence-corrected chi connectivity index (χ2v) is 5.52. The Bertz CT molecular complexity index is 578. The fraction of sp³-hybridized carbons (Fsp3) is 0.368. The van der Waals surface area contributed by atoms with Gasteiger partial charge in [-0.05, 0) is 55.2 Å². The second kappa shape index (κ2) is 7.72. The molecule has 2 heteroatoms. The van der Waals surface area contributed by atoms with Crippen molar-refractivity contribution in [2.24, 2.45) is 0 Å². The van der Waals surface area contributed by atoms with Gasteiger partial charge in [-0.15, -0.1) is 0 Å². The molecule has 0 aromatic heterocycles. The van der Waals surface area contributed by atoms with E-state index in [1.54, 1.807) is 0 Å². The zero-order chi connectivity index (χ0) is 15.1. The van der Waals surface area contributed by atoms with Crippen LogP contribution in [0.25, 0.3) is 0 Å². The monoisotopic (exact) mass is 283 g/mol. The van der Waals surface area contributed by atoms with Crippen molar-refractivity contribution in [1.82, 2.24) is 0 Å². The smallest absolute Gasteiger partial charge is 0.119 e. The predicted molar refractivity (Wildman–Crippen MR) is 90.1 cm³/mol. The average Bonchev–Trinajstić information content (AvgIpc) is 2.49. The minimum Gasteiger partial charge on any atom is -0.494 e. The van der Waals surface area contributed by atoms with E-state index in [-0.39, 0.29) is 0 Å². The third-order valence-corrected chi connectivity index (χ3v) is 3.54. The summed E-state index contributed by atoms with van der Waals surface area (Å²) in [6.45, 7) is 8.03. The average molecular weight is 283 g/mol. The van der Waals surface area contributed by atoms with E-state index in [4.69, 9.17) is 4.74 Å². The molecular formula is C19H25NO. The van der Waals surface area contributed by atoms with Crippen molar-refractivity contribution in [2.75, 3.05) is 11.9 Å². The largest absolute Gasteiger partial charge is 0.494 e. The predicted octanol–water partition coefficient (Wildman–Crippen LogP) is 5.09. The van der Waals surface area contributed by atoms with Crippen LogP contribution in [0.4, 0.5) is 5.69 Å². The molecule has 2 rings (SSSR count). The molecule has 0 aliphatic heterocycles. The molecule has 0 amide bonds. The number of unbranched alkanes of at least 4 members (excludes halogenated alkanes) is 1. The first kappa shape index (κ1) is 15.4. The van der Waals surface area contributed by atoms with E-state index >= 15 is 0 Å². The van der Waals surface area contributed by atoms with E-state index in [9.17, 15) is 0 Å². The van der Waals surface area contributed by atoms with Crippen LogP contribution >= 0.6 is 0 Å². The van der Waals surface area contributed by atoms with Crippen LogP contribution < -0.4 is 10.1 Å². The van der Waals surface area contributed by atoms with Crippen molar-refractivity contribution < 1.29 is 4.74 Å². The summed E-state index contributed by atoms with van der Waals surface area (Å²) in [4.78, 5) is 0. The van der Waals surface area contributed by atoms with Crippen LogP contribution in [0.5, 0.6) is 5.75 Å². The lowest BCUT2D eigenvalue weighted by Gasteiger charge is -2.12. The lowest BCUT2D eigenvalue weighted by molar-refractivity contribution is 0.309. The van der Waals surface area contributed by atoms with Crippen LogP contribution in [0.2, 0.25) is 0 Å². The van der Waals surface area contributed by atoms with E-state index in [0.717, 1.165) is 31.7 Å². The third-order valence-electron chi connectivity index (χ3n) is 3.54. The van der Waals surface area contributed by atoms with Gasteiger partial charge in [0.05, 0.1) is 6.61 Å². The van der Waals surface area contributed by atoms with Crippen LogP contribution in [0.3, 0.4) is 0 Å². The summed E-state index contributed by atoms with van der Waals surface area (Å²) >= 11 is 0. The Labute approximate surface area is 128 Å². The van der Waals surface area contributed by atoms with Gasteiger partial charge in [0.25, 0.3) is 0 Å². The normalized spacial score (nSPS) is 10.4. The number of hydrogen-bond donors (Lipinski definition) is 1. The Morgan fingerprint density at radius 2 is 1.90 bits per heavy atom. The number of rotatable bonds is 7. The fourth-order valence-electron chi connectivity index (χ4n) is 2.20. The first-order valence-corrected chi connectivity index (χ1v) is 7.72. The summed E-state index contributed by atoms with van der Waals surface area (Å²) in [6, 6.07) is 14.8. The van der Waals surface area contributed by atoms with Gasteiger partial charge in [-0.2, -0.15) is 0 Å². The molecule has 0 saturated heterocycles. The number of aryl methyl sites for hydroxylation is 2. The molecule has 112 valence electrons. The third kappa shape index (κ3) is 4.82. The highest BCUT2D eigenvalue weighted by atomic mass is 16.5. The van der Waals surface area contributed by atoms with Gasteiger partial charge in [-0.3, -0.25) is 0 Å². The Kier molecular flexibility index (Phi) is 5.68. The Morgan fingerprint density at radius 3 is 2.71 bits per heavy atom. The molecule has 0 aliphatic rings. The van der Waals surface area contributed by atoms with Crippen LogP contribution in [-0.4, -0.2) is 6.61 Å². The van der Waals surface area contributed by atoms with Gasteiger partial charge in [0.15, 0.2) is 0 Å². The number of anilines is 1. The summed E-state index contributed by atoms with van der Waals surface area (Å²) in [5, 5.41) is 3.51. The molecule has 0 spiro atoms. The highest BCUT2D eigenvalue weighted by Crippen LogP contribution is 2.19. The van der Waals surface area contributed by atoms with Gasteiger partial charge in [-0.25, -0.2) is 0 Å². The summed E-state index contributed by atoms with van der Waals surface area (Å²) in [7, 11) is 0. The number of nitrogens with one attached hydrogen (secondary N) is 1. The van der Waals surface area contributed by atoms with Gasteiger partial charge in [-0.1, -0.05) is 37.6 Å². The first-order chi connectivity index (χ1) is 10.2. The number of ether oxygens (including phenoxy) is 1. The van der Waals surface area contributed by atoms with Crippen molar-refractivity contribution in [3.05, 3.63) is 59.2 Å². The van der Waals surface area contributed by atoms with E-state index in [2.05, 4.69) is 62.5 Å². The van der Waals surface area contributed by atoms with Gasteiger partial charge in [0.2, 0.25) is 0 Å². The summed E-state index contributed by atoms with van der Waals surface area (Å²) in [5.41, 5.74) is 4.99. The molecule has 0 bridgehead atoms. The molecule has 2 nitrogen and oxygen atoms in total. The molecule has 21 heavy (non-hydrogen) atoms. The molecule has 0 radical (unpaired) electrons. The molecule has 0 aliphatic carbocycles.